The van der Waals surface area contributed by atoms with Crippen LogP contribution in [0.1, 0.15) is 30.5 Å². The average molecular weight is 481 g/mol. The van der Waals surface area contributed by atoms with Crippen LogP contribution in [0.25, 0.3) is 0 Å². The number of para-hydroxylation sites is 1. The number of hydrogen-bond acceptors (Lipinski definition) is 5. The summed E-state index contributed by atoms with van der Waals surface area (Å²) in [5.74, 6) is 1.68. The van der Waals surface area contributed by atoms with Crippen molar-refractivity contribution in [1.82, 2.24) is 4.90 Å². The summed E-state index contributed by atoms with van der Waals surface area (Å²) in [6, 6.07) is 18.0. The predicted molar refractivity (Wildman–Crippen MR) is 141 cm³/mol. The van der Waals surface area contributed by atoms with E-state index in [1.807, 2.05) is 42.5 Å². The van der Waals surface area contributed by atoms with Crippen molar-refractivity contribution >= 4 is 22.2 Å². The zero-order valence-corrected chi connectivity index (χ0v) is 20.9. The van der Waals surface area contributed by atoms with Crippen LogP contribution in [0.2, 0.25) is 0 Å². The van der Waals surface area contributed by atoms with Crippen molar-refractivity contribution < 1.29 is 13.7 Å². The van der Waals surface area contributed by atoms with Crippen molar-refractivity contribution in [3.8, 4) is 11.5 Å². The van der Waals surface area contributed by atoms with Crippen LogP contribution in [-0.4, -0.2) is 43.5 Å². The zero-order valence-electron chi connectivity index (χ0n) is 20.1. The highest BCUT2D eigenvalue weighted by Gasteiger charge is 2.29. The third-order valence-electron chi connectivity index (χ3n) is 6.37. The van der Waals surface area contributed by atoms with Gasteiger partial charge in [0.25, 0.3) is 0 Å². The standard InChI is InChI=1S/C27H32N2O3S.CH4/c1-19-14-15-26-27(20(19)2)29(22-10-6-7-13-25(22)33(26)30)17-9-16-28(3)18-21-23(31-4)11-8-12-24(21)32-5;/h6-8,10-15H,9,16-18H2,1-5H3;1H4. The molecule has 0 fully saturated rings. The molecule has 34 heavy (non-hydrogen) atoms. The first-order valence-electron chi connectivity index (χ1n) is 11.2. The normalized spacial score (nSPS) is 14.3. The summed E-state index contributed by atoms with van der Waals surface area (Å²) in [5.41, 5.74) is 5.62. The second-order valence-corrected chi connectivity index (χ2v) is 9.89. The Morgan fingerprint density at radius 1 is 0.912 bits per heavy atom. The van der Waals surface area contributed by atoms with E-state index in [4.69, 9.17) is 9.47 Å². The lowest BCUT2D eigenvalue weighted by molar-refractivity contribution is 0.304. The first kappa shape index (κ1) is 25.8. The molecule has 3 aromatic carbocycles. The molecule has 1 atom stereocenters. The van der Waals surface area contributed by atoms with Gasteiger partial charge in [0.1, 0.15) is 11.5 Å². The summed E-state index contributed by atoms with van der Waals surface area (Å²) < 4.78 is 24.4. The van der Waals surface area contributed by atoms with Crippen LogP contribution in [-0.2, 0) is 17.3 Å². The highest BCUT2D eigenvalue weighted by atomic mass is 32.2. The Bertz CT molecular complexity index is 1160. The molecular weight excluding hydrogens is 444 g/mol. The van der Waals surface area contributed by atoms with Crippen LogP contribution in [0.5, 0.6) is 11.5 Å². The van der Waals surface area contributed by atoms with E-state index < -0.39 is 10.8 Å². The zero-order chi connectivity index (χ0) is 23.5. The largest absolute Gasteiger partial charge is 0.496 e. The summed E-state index contributed by atoms with van der Waals surface area (Å²) in [4.78, 5) is 6.44. The second-order valence-electron chi connectivity index (χ2n) is 8.47. The lowest BCUT2D eigenvalue weighted by Crippen LogP contribution is -2.29. The predicted octanol–water partition coefficient (Wildman–Crippen LogP) is 6.10. The number of fused-ring (bicyclic) bond motifs is 2. The smallest absolute Gasteiger partial charge is 0.127 e. The fourth-order valence-corrected chi connectivity index (χ4v) is 5.94. The molecule has 5 nitrogen and oxygen atoms in total. The molecule has 6 heteroatoms. The molecule has 1 heterocycles. The number of hydrogen-bond donors (Lipinski definition) is 0. The number of benzene rings is 3. The summed E-state index contributed by atoms with van der Waals surface area (Å²) in [6.07, 6.45) is 0.960. The van der Waals surface area contributed by atoms with Gasteiger partial charge in [-0.2, -0.15) is 0 Å². The Morgan fingerprint density at radius 3 is 2.26 bits per heavy atom. The fraction of sp³-hybridized carbons (Fsp3) is 0.357. The molecule has 0 spiro atoms. The number of aryl methyl sites for hydroxylation is 1. The van der Waals surface area contributed by atoms with Gasteiger partial charge < -0.3 is 19.3 Å². The van der Waals surface area contributed by atoms with Gasteiger partial charge in [0, 0.05) is 13.1 Å². The summed E-state index contributed by atoms with van der Waals surface area (Å²) >= 11 is 0. The van der Waals surface area contributed by atoms with Crippen molar-refractivity contribution in [2.75, 3.05) is 39.3 Å². The van der Waals surface area contributed by atoms with Crippen LogP contribution in [0.3, 0.4) is 0 Å². The highest BCUT2D eigenvalue weighted by molar-refractivity contribution is 7.85. The minimum atomic E-state index is -1.16. The van der Waals surface area contributed by atoms with Crippen LogP contribution in [0.15, 0.2) is 64.4 Å². The molecule has 0 radical (unpaired) electrons. The van der Waals surface area contributed by atoms with E-state index in [-0.39, 0.29) is 7.43 Å². The maximum Gasteiger partial charge on any atom is 0.127 e. The van der Waals surface area contributed by atoms with Crippen molar-refractivity contribution in [2.24, 2.45) is 0 Å². The number of anilines is 2. The van der Waals surface area contributed by atoms with Crippen LogP contribution in [0, 0.1) is 13.8 Å². The van der Waals surface area contributed by atoms with Crippen LogP contribution < -0.4 is 14.4 Å². The highest BCUT2D eigenvalue weighted by Crippen LogP contribution is 2.44. The van der Waals surface area contributed by atoms with Gasteiger partial charge in [-0.05, 0) is 75.3 Å². The van der Waals surface area contributed by atoms with Gasteiger partial charge in [0.15, 0.2) is 0 Å². The van der Waals surface area contributed by atoms with E-state index >= 15 is 0 Å². The maximum absolute atomic E-state index is 13.3. The lowest BCUT2D eigenvalue weighted by atomic mass is 10.1. The first-order chi connectivity index (χ1) is 16.0. The van der Waals surface area contributed by atoms with Gasteiger partial charge in [-0.15, -0.1) is 0 Å². The molecule has 0 bridgehead atoms. The van der Waals surface area contributed by atoms with Gasteiger partial charge in [-0.3, -0.25) is 0 Å². The summed E-state index contributed by atoms with van der Waals surface area (Å²) in [6.45, 7) is 6.74. The quantitative estimate of drug-likeness (QED) is 0.390. The van der Waals surface area contributed by atoms with Crippen molar-refractivity contribution in [2.45, 2.75) is 44.0 Å². The van der Waals surface area contributed by atoms with Crippen molar-refractivity contribution in [1.29, 1.82) is 0 Å². The van der Waals surface area contributed by atoms with E-state index in [2.05, 4.69) is 42.8 Å². The van der Waals surface area contributed by atoms with E-state index in [9.17, 15) is 4.21 Å². The van der Waals surface area contributed by atoms with E-state index in [0.29, 0.717) is 0 Å². The summed E-state index contributed by atoms with van der Waals surface area (Å²) in [5, 5.41) is 0. The van der Waals surface area contributed by atoms with Gasteiger partial charge in [0.05, 0.1) is 51.7 Å². The third kappa shape index (κ3) is 4.84. The minimum absolute atomic E-state index is 0. The van der Waals surface area contributed by atoms with Gasteiger partial charge in [0.2, 0.25) is 0 Å². The van der Waals surface area contributed by atoms with E-state index in [0.717, 1.165) is 64.3 Å². The van der Waals surface area contributed by atoms with Crippen LogP contribution in [0.4, 0.5) is 11.4 Å². The molecule has 182 valence electrons. The molecule has 0 aromatic heterocycles. The van der Waals surface area contributed by atoms with E-state index in [1.165, 1.54) is 11.1 Å². The number of methoxy groups -OCH3 is 2. The molecule has 0 N–H and O–H groups in total. The fourth-order valence-electron chi connectivity index (χ4n) is 4.50. The number of nitrogens with zero attached hydrogens (tertiary/aromatic N) is 2. The topological polar surface area (TPSA) is 42.0 Å². The second kappa shape index (κ2) is 11.1. The Hall–Kier alpha value is -2.83. The molecule has 0 amide bonds. The first-order valence-corrected chi connectivity index (χ1v) is 12.4. The number of ether oxygens (including phenoxy) is 2. The Kier molecular flexibility index (Phi) is 8.39. The molecule has 4 rings (SSSR count). The molecule has 1 aliphatic heterocycles. The van der Waals surface area contributed by atoms with Gasteiger partial charge in [-0.25, -0.2) is 4.21 Å². The van der Waals surface area contributed by atoms with Crippen LogP contribution >= 0.6 is 0 Å². The van der Waals surface area contributed by atoms with Crippen molar-refractivity contribution in [3.63, 3.8) is 0 Å². The van der Waals surface area contributed by atoms with Crippen molar-refractivity contribution in [3.05, 3.63) is 71.3 Å². The van der Waals surface area contributed by atoms with Gasteiger partial charge >= 0.3 is 0 Å². The lowest BCUT2D eigenvalue weighted by Gasteiger charge is -2.35. The average Bonchev–Trinajstić information content (AvgIpc) is 2.83. The number of rotatable bonds is 8. The molecule has 0 saturated carbocycles. The molecule has 0 saturated heterocycles. The van der Waals surface area contributed by atoms with E-state index in [1.54, 1.807) is 14.2 Å². The molecule has 0 aliphatic carbocycles. The van der Waals surface area contributed by atoms with Gasteiger partial charge in [-0.1, -0.05) is 31.7 Å². The molecule has 1 aliphatic rings. The molecule has 3 aromatic rings. The Balaban J connectivity index is 0.00000324. The Morgan fingerprint density at radius 2 is 1.59 bits per heavy atom. The molecule has 1 unspecified atom stereocenters. The monoisotopic (exact) mass is 480 g/mol. The third-order valence-corrected chi connectivity index (χ3v) is 7.84. The molecular formula is C28H36N2O3S. The maximum atomic E-state index is 13.3. The Labute approximate surface area is 206 Å². The SMILES string of the molecule is C.COc1cccc(OC)c1CN(C)CCCN1c2ccccc2S(=O)c2ccc(C)c(C)c21. The minimum Gasteiger partial charge on any atom is -0.496 e. The summed E-state index contributed by atoms with van der Waals surface area (Å²) in [7, 11) is 4.35.